The number of methoxy groups -OCH3 is 3. The normalized spacial score (nSPS) is 16.8. The molecule has 0 radical (unpaired) electrons. The van der Waals surface area contributed by atoms with Crippen molar-refractivity contribution in [1.82, 2.24) is 24.4 Å². The minimum Gasteiger partial charge on any atom is -0.493 e. The lowest BCUT2D eigenvalue weighted by molar-refractivity contribution is 0.142. The van der Waals surface area contributed by atoms with Crippen LogP contribution < -0.4 is 29.3 Å². The molecule has 0 bridgehead atoms. The second-order valence-corrected chi connectivity index (χ2v) is 10.7. The third-order valence-corrected chi connectivity index (χ3v) is 8.21. The second-order valence-electron chi connectivity index (χ2n) is 10.7. The van der Waals surface area contributed by atoms with Crippen molar-refractivity contribution in [2.45, 2.75) is 18.9 Å². The molecule has 0 saturated carbocycles. The Morgan fingerprint density at radius 3 is 2.39 bits per heavy atom. The molecule has 2 aliphatic rings. The van der Waals surface area contributed by atoms with Crippen LogP contribution in [-0.2, 0) is 0 Å². The SMILES string of the molecule is COc1cc(-n2cnc(Nc3nc(N4CCCC4CO)nc4cc(N5CCN(C(=O)O)CC5)ccc34)c2)cc(OC)c1OC. The van der Waals surface area contributed by atoms with Crippen LogP contribution in [0.3, 0.4) is 0 Å². The van der Waals surface area contributed by atoms with Crippen molar-refractivity contribution in [2.24, 2.45) is 0 Å². The first-order chi connectivity index (χ1) is 21.4. The number of rotatable bonds is 9. The zero-order valence-corrected chi connectivity index (χ0v) is 24.9. The molecule has 6 rings (SSSR count). The minimum atomic E-state index is -0.895. The van der Waals surface area contributed by atoms with E-state index in [0.717, 1.165) is 41.7 Å². The standard InChI is InChI=1S/C30H36N8O6/c1-42-24-14-21(15-25(43-2)27(24)44-3)37-16-26(31-18-37)33-28-22-7-6-19(35-9-11-36(12-10-35)30(40)41)13-23(22)32-29(34-28)38-8-4-5-20(38)17-39/h6-7,13-16,18,20,39H,4-5,8-12,17H2,1-3H3,(H,40,41)(H,32,33,34). The number of hydrogen-bond acceptors (Lipinski definition) is 11. The van der Waals surface area contributed by atoms with Gasteiger partial charge in [-0.05, 0) is 31.0 Å². The number of fused-ring (bicyclic) bond motifs is 1. The quantitative estimate of drug-likeness (QED) is 0.257. The first-order valence-electron chi connectivity index (χ1n) is 14.5. The average Bonchev–Trinajstić information content (AvgIpc) is 3.73. The molecule has 1 amide bonds. The molecule has 44 heavy (non-hydrogen) atoms. The topological polar surface area (TPSA) is 151 Å². The number of nitrogens with one attached hydrogen (secondary N) is 1. The lowest BCUT2D eigenvalue weighted by Crippen LogP contribution is -2.48. The van der Waals surface area contributed by atoms with Crippen molar-refractivity contribution >= 4 is 40.3 Å². The number of carboxylic acid groups (broad SMARTS) is 1. The molecule has 2 aromatic heterocycles. The number of piperazine rings is 1. The smallest absolute Gasteiger partial charge is 0.407 e. The number of aliphatic hydroxyl groups excluding tert-OH is 1. The number of hydrogen-bond donors (Lipinski definition) is 3. The summed E-state index contributed by atoms with van der Waals surface area (Å²) in [6.45, 7) is 2.85. The molecule has 0 spiro atoms. The fraction of sp³-hybridized carbons (Fsp3) is 0.400. The molecule has 2 fully saturated rings. The van der Waals surface area contributed by atoms with Gasteiger partial charge in [0.25, 0.3) is 0 Å². The summed E-state index contributed by atoms with van der Waals surface area (Å²) in [7, 11) is 4.71. The third kappa shape index (κ3) is 5.55. The van der Waals surface area contributed by atoms with Gasteiger partial charge in [-0.15, -0.1) is 0 Å². The monoisotopic (exact) mass is 604 g/mol. The van der Waals surface area contributed by atoms with Crippen LogP contribution in [-0.4, -0.2) is 107 Å². The first kappa shape index (κ1) is 29.1. The molecule has 2 saturated heterocycles. The van der Waals surface area contributed by atoms with Crippen LogP contribution in [0.4, 0.5) is 28.1 Å². The van der Waals surface area contributed by atoms with Gasteiger partial charge >= 0.3 is 6.09 Å². The van der Waals surface area contributed by atoms with E-state index in [2.05, 4.69) is 20.1 Å². The van der Waals surface area contributed by atoms with Crippen LogP contribution in [0, 0.1) is 0 Å². The van der Waals surface area contributed by atoms with Crippen LogP contribution >= 0.6 is 0 Å². The predicted molar refractivity (Wildman–Crippen MR) is 165 cm³/mol. The Balaban J connectivity index is 1.34. The average molecular weight is 605 g/mol. The highest BCUT2D eigenvalue weighted by Crippen LogP contribution is 2.39. The highest BCUT2D eigenvalue weighted by atomic mass is 16.5. The number of amides is 1. The molecule has 3 N–H and O–H groups in total. The van der Waals surface area contributed by atoms with Crippen molar-refractivity contribution < 1.29 is 29.2 Å². The fourth-order valence-electron chi connectivity index (χ4n) is 5.84. The highest BCUT2D eigenvalue weighted by molar-refractivity contribution is 5.93. The predicted octanol–water partition coefficient (Wildman–Crippen LogP) is 3.35. The van der Waals surface area contributed by atoms with E-state index in [9.17, 15) is 15.0 Å². The number of ether oxygens (including phenoxy) is 3. The summed E-state index contributed by atoms with van der Waals surface area (Å²) < 4.78 is 18.3. The van der Waals surface area contributed by atoms with Crippen LogP contribution in [0.25, 0.3) is 16.6 Å². The Morgan fingerprint density at radius 1 is 0.977 bits per heavy atom. The lowest BCUT2D eigenvalue weighted by atomic mass is 10.1. The maximum absolute atomic E-state index is 11.4. The largest absolute Gasteiger partial charge is 0.493 e. The number of nitrogens with zero attached hydrogens (tertiary/aromatic N) is 7. The van der Waals surface area contributed by atoms with Crippen molar-refractivity contribution in [3.05, 3.63) is 42.9 Å². The summed E-state index contributed by atoms with van der Waals surface area (Å²) in [5.41, 5.74) is 2.47. The Kier molecular flexibility index (Phi) is 8.15. The minimum absolute atomic E-state index is 0.0250. The number of anilines is 4. The summed E-state index contributed by atoms with van der Waals surface area (Å²) >= 11 is 0. The Labute approximate surface area is 254 Å². The van der Waals surface area contributed by atoms with Crippen LogP contribution in [0.1, 0.15) is 12.8 Å². The van der Waals surface area contributed by atoms with E-state index in [-0.39, 0.29) is 12.6 Å². The zero-order valence-electron chi connectivity index (χ0n) is 24.9. The third-order valence-electron chi connectivity index (χ3n) is 8.21. The maximum Gasteiger partial charge on any atom is 0.407 e. The fourth-order valence-corrected chi connectivity index (χ4v) is 5.84. The maximum atomic E-state index is 11.4. The van der Waals surface area contributed by atoms with Gasteiger partial charge in [-0.25, -0.2) is 14.8 Å². The van der Waals surface area contributed by atoms with Crippen LogP contribution in [0.15, 0.2) is 42.9 Å². The summed E-state index contributed by atoms with van der Waals surface area (Å²) in [5, 5.41) is 23.5. The van der Waals surface area contributed by atoms with Gasteiger partial charge < -0.3 is 49.0 Å². The van der Waals surface area contributed by atoms with E-state index in [1.807, 2.05) is 41.1 Å². The van der Waals surface area contributed by atoms with Crippen molar-refractivity contribution in [3.63, 3.8) is 0 Å². The molecule has 4 aromatic rings. The molecule has 4 heterocycles. The molecule has 0 aliphatic carbocycles. The van der Waals surface area contributed by atoms with E-state index >= 15 is 0 Å². The number of aromatic nitrogens is 4. The highest BCUT2D eigenvalue weighted by Gasteiger charge is 2.28. The van der Waals surface area contributed by atoms with Gasteiger partial charge in [0.05, 0.1) is 51.4 Å². The second kappa shape index (κ2) is 12.3. The number of imidazole rings is 1. The lowest BCUT2D eigenvalue weighted by Gasteiger charge is -2.34. The van der Waals surface area contributed by atoms with Crippen molar-refractivity contribution in [1.29, 1.82) is 0 Å². The molecule has 1 atom stereocenters. The number of carbonyl (C=O) groups is 1. The van der Waals surface area contributed by atoms with E-state index in [0.29, 0.717) is 61.0 Å². The van der Waals surface area contributed by atoms with Gasteiger partial charge in [-0.1, -0.05) is 0 Å². The molecule has 14 nitrogen and oxygen atoms in total. The van der Waals surface area contributed by atoms with Crippen LogP contribution in [0.5, 0.6) is 17.2 Å². The molecule has 14 heteroatoms. The van der Waals surface area contributed by atoms with E-state index in [1.165, 1.54) is 4.90 Å². The summed E-state index contributed by atoms with van der Waals surface area (Å²) in [6, 6.07) is 9.63. The Bertz CT molecular complexity index is 1630. The Morgan fingerprint density at radius 2 is 1.73 bits per heavy atom. The summed E-state index contributed by atoms with van der Waals surface area (Å²) in [6.07, 6.45) is 4.45. The molecular weight excluding hydrogens is 568 g/mol. The van der Waals surface area contributed by atoms with Gasteiger partial charge in [-0.3, -0.25) is 0 Å². The zero-order chi connectivity index (χ0) is 30.8. The van der Waals surface area contributed by atoms with Gasteiger partial charge in [0, 0.05) is 55.9 Å². The molecule has 232 valence electrons. The molecular formula is C30H36N8O6. The number of aliphatic hydroxyl groups is 1. The van der Waals surface area contributed by atoms with E-state index in [1.54, 1.807) is 27.7 Å². The summed E-state index contributed by atoms with van der Waals surface area (Å²) in [5.74, 6) is 3.25. The van der Waals surface area contributed by atoms with Gasteiger partial charge in [0.2, 0.25) is 11.7 Å². The molecule has 2 aliphatic heterocycles. The Hall–Kier alpha value is -4.98. The number of benzene rings is 2. The van der Waals surface area contributed by atoms with Crippen molar-refractivity contribution in [2.75, 3.05) is 75.8 Å². The summed E-state index contributed by atoms with van der Waals surface area (Å²) in [4.78, 5) is 31.4. The molecule has 2 aromatic carbocycles. The van der Waals surface area contributed by atoms with Gasteiger partial charge in [-0.2, -0.15) is 4.98 Å². The van der Waals surface area contributed by atoms with E-state index in [4.69, 9.17) is 24.2 Å². The first-order valence-corrected chi connectivity index (χ1v) is 14.5. The van der Waals surface area contributed by atoms with Crippen molar-refractivity contribution in [3.8, 4) is 22.9 Å². The van der Waals surface area contributed by atoms with Crippen LogP contribution in [0.2, 0.25) is 0 Å². The van der Waals surface area contributed by atoms with Gasteiger partial charge in [0.15, 0.2) is 11.5 Å². The van der Waals surface area contributed by atoms with Gasteiger partial charge in [0.1, 0.15) is 18.0 Å². The van der Waals surface area contributed by atoms with E-state index < -0.39 is 6.09 Å². The molecule has 1 unspecified atom stereocenters.